The molecule has 0 radical (unpaired) electrons. The number of rotatable bonds is 4. The number of aryl methyl sites for hydroxylation is 1. The van der Waals surface area contributed by atoms with E-state index in [1.807, 2.05) is 13.1 Å². The van der Waals surface area contributed by atoms with Crippen LogP contribution in [0, 0.1) is 11.3 Å². The maximum atomic E-state index is 12.4. The molecule has 1 N–H and O–H groups in total. The summed E-state index contributed by atoms with van der Waals surface area (Å²) in [5.74, 6) is 0.686. The number of anilines is 1. The number of benzene rings is 2. The average molecular weight is 339 g/mol. The minimum Gasteiger partial charge on any atom is -0.317 e. The summed E-state index contributed by atoms with van der Waals surface area (Å²) in [6, 6.07) is 14.6. The lowest BCUT2D eigenvalue weighted by Crippen LogP contribution is -2.13. The van der Waals surface area contributed by atoms with Crippen molar-refractivity contribution in [3.8, 4) is 17.5 Å². The summed E-state index contributed by atoms with van der Waals surface area (Å²) in [6.07, 6.45) is 1.59. The molecular formula is C16H13N5O2S. The largest absolute Gasteiger partial charge is 0.317 e. The van der Waals surface area contributed by atoms with E-state index in [4.69, 9.17) is 5.26 Å². The van der Waals surface area contributed by atoms with Crippen molar-refractivity contribution >= 4 is 15.7 Å². The van der Waals surface area contributed by atoms with Crippen LogP contribution in [0.1, 0.15) is 5.56 Å². The Balaban J connectivity index is 1.85. The van der Waals surface area contributed by atoms with Crippen molar-refractivity contribution < 1.29 is 8.42 Å². The van der Waals surface area contributed by atoms with Gasteiger partial charge in [-0.2, -0.15) is 5.26 Å². The highest BCUT2D eigenvalue weighted by Gasteiger charge is 2.15. The number of nitrogens with one attached hydrogen (secondary N) is 1. The molecule has 7 nitrogen and oxygen atoms in total. The monoisotopic (exact) mass is 339 g/mol. The molecule has 3 aromatic rings. The third kappa shape index (κ3) is 3.11. The molecule has 0 aliphatic carbocycles. The zero-order chi connectivity index (χ0) is 17.2. The summed E-state index contributed by atoms with van der Waals surface area (Å²) in [6.45, 7) is 0. The lowest BCUT2D eigenvalue weighted by Gasteiger charge is -2.09. The van der Waals surface area contributed by atoms with E-state index in [1.165, 1.54) is 18.2 Å². The van der Waals surface area contributed by atoms with E-state index in [9.17, 15) is 8.42 Å². The number of sulfonamides is 1. The summed E-state index contributed by atoms with van der Waals surface area (Å²) < 4.78 is 29.0. The van der Waals surface area contributed by atoms with Gasteiger partial charge in [0.25, 0.3) is 10.0 Å². The second kappa shape index (κ2) is 6.14. The smallest absolute Gasteiger partial charge is 0.261 e. The van der Waals surface area contributed by atoms with Gasteiger partial charge in [-0.15, -0.1) is 10.2 Å². The van der Waals surface area contributed by atoms with Gasteiger partial charge in [-0.25, -0.2) is 8.42 Å². The SMILES string of the molecule is Cn1cnnc1-c1ccc(NS(=O)(=O)c2cccc(C#N)c2)cc1. The molecule has 0 fully saturated rings. The van der Waals surface area contributed by atoms with Crippen LogP contribution >= 0.6 is 0 Å². The summed E-state index contributed by atoms with van der Waals surface area (Å²) in [4.78, 5) is 0.0407. The van der Waals surface area contributed by atoms with E-state index in [2.05, 4.69) is 14.9 Å². The molecule has 0 atom stereocenters. The van der Waals surface area contributed by atoms with Crippen molar-refractivity contribution in [2.24, 2.45) is 7.05 Å². The van der Waals surface area contributed by atoms with Gasteiger partial charge < -0.3 is 4.57 Å². The second-order valence-electron chi connectivity index (χ2n) is 5.09. The summed E-state index contributed by atoms with van der Waals surface area (Å²) in [5.41, 5.74) is 1.53. The van der Waals surface area contributed by atoms with Crippen LogP contribution in [0.5, 0.6) is 0 Å². The molecule has 8 heteroatoms. The molecule has 0 amide bonds. The average Bonchev–Trinajstić information content (AvgIpc) is 3.01. The number of aromatic nitrogens is 3. The Morgan fingerprint density at radius 2 is 1.92 bits per heavy atom. The van der Waals surface area contributed by atoms with E-state index in [0.29, 0.717) is 11.5 Å². The van der Waals surface area contributed by atoms with E-state index >= 15 is 0 Å². The number of hydrogen-bond donors (Lipinski definition) is 1. The van der Waals surface area contributed by atoms with Crippen LogP contribution in [0.15, 0.2) is 59.8 Å². The Morgan fingerprint density at radius 1 is 1.17 bits per heavy atom. The summed E-state index contributed by atoms with van der Waals surface area (Å²) >= 11 is 0. The first kappa shape index (κ1) is 15.7. The van der Waals surface area contributed by atoms with Gasteiger partial charge in [0, 0.05) is 18.3 Å². The van der Waals surface area contributed by atoms with Crippen molar-refractivity contribution in [3.63, 3.8) is 0 Å². The minimum atomic E-state index is -3.76. The Hall–Kier alpha value is -3.18. The fourth-order valence-corrected chi connectivity index (χ4v) is 3.28. The van der Waals surface area contributed by atoms with Gasteiger partial charge in [0.15, 0.2) is 5.82 Å². The molecule has 0 saturated carbocycles. The van der Waals surface area contributed by atoms with E-state index in [0.717, 1.165) is 5.56 Å². The Bertz CT molecular complexity index is 1020. The van der Waals surface area contributed by atoms with Crippen LogP contribution in [-0.4, -0.2) is 23.2 Å². The summed E-state index contributed by atoms with van der Waals surface area (Å²) in [7, 11) is -1.93. The number of nitrogens with zero attached hydrogens (tertiary/aromatic N) is 4. The van der Waals surface area contributed by atoms with Gasteiger partial charge >= 0.3 is 0 Å². The Labute approximate surface area is 139 Å². The molecule has 1 heterocycles. The third-order valence-corrected chi connectivity index (χ3v) is 4.76. The Morgan fingerprint density at radius 3 is 2.54 bits per heavy atom. The van der Waals surface area contributed by atoms with Crippen LogP contribution in [-0.2, 0) is 17.1 Å². The number of nitriles is 1. The zero-order valence-corrected chi connectivity index (χ0v) is 13.5. The molecule has 24 heavy (non-hydrogen) atoms. The van der Waals surface area contributed by atoms with Gasteiger partial charge in [-0.1, -0.05) is 6.07 Å². The standard InChI is InChI=1S/C16H13N5O2S/c1-21-11-18-19-16(21)13-5-7-14(8-6-13)20-24(22,23)15-4-2-3-12(9-15)10-17/h2-9,11,20H,1H3. The fourth-order valence-electron chi connectivity index (χ4n) is 2.18. The normalized spacial score (nSPS) is 11.0. The minimum absolute atomic E-state index is 0.0407. The number of hydrogen-bond acceptors (Lipinski definition) is 5. The molecule has 0 aliphatic heterocycles. The lowest BCUT2D eigenvalue weighted by atomic mass is 10.2. The van der Waals surface area contributed by atoms with Crippen LogP contribution in [0.3, 0.4) is 0 Å². The van der Waals surface area contributed by atoms with Crippen LogP contribution in [0.2, 0.25) is 0 Å². The van der Waals surface area contributed by atoms with Crippen molar-refractivity contribution in [1.29, 1.82) is 5.26 Å². The van der Waals surface area contributed by atoms with Crippen LogP contribution < -0.4 is 4.72 Å². The van der Waals surface area contributed by atoms with Gasteiger partial charge in [-0.05, 0) is 42.5 Å². The third-order valence-electron chi connectivity index (χ3n) is 3.38. The maximum Gasteiger partial charge on any atom is 0.261 e. The molecule has 120 valence electrons. The highest BCUT2D eigenvalue weighted by molar-refractivity contribution is 7.92. The predicted octanol–water partition coefficient (Wildman–Crippen LogP) is 2.15. The van der Waals surface area contributed by atoms with Gasteiger partial charge in [0.05, 0.1) is 16.5 Å². The van der Waals surface area contributed by atoms with Crippen molar-refractivity contribution in [2.45, 2.75) is 4.90 Å². The van der Waals surface area contributed by atoms with E-state index in [1.54, 1.807) is 41.2 Å². The first-order valence-corrected chi connectivity index (χ1v) is 8.45. The lowest BCUT2D eigenvalue weighted by molar-refractivity contribution is 0.601. The van der Waals surface area contributed by atoms with Crippen molar-refractivity contribution in [3.05, 3.63) is 60.4 Å². The van der Waals surface area contributed by atoms with E-state index < -0.39 is 10.0 Å². The topological polar surface area (TPSA) is 101 Å². The molecule has 0 aliphatic rings. The molecule has 0 spiro atoms. The van der Waals surface area contributed by atoms with Gasteiger partial charge in [-0.3, -0.25) is 4.72 Å². The molecule has 0 saturated heterocycles. The zero-order valence-electron chi connectivity index (χ0n) is 12.7. The van der Waals surface area contributed by atoms with Gasteiger partial charge in [0.2, 0.25) is 0 Å². The molecular weight excluding hydrogens is 326 g/mol. The fraction of sp³-hybridized carbons (Fsp3) is 0.0625. The first-order chi connectivity index (χ1) is 11.5. The Kier molecular flexibility index (Phi) is 4.02. The van der Waals surface area contributed by atoms with Crippen LogP contribution in [0.25, 0.3) is 11.4 Å². The van der Waals surface area contributed by atoms with Crippen molar-refractivity contribution in [2.75, 3.05) is 4.72 Å². The predicted molar refractivity (Wildman–Crippen MR) is 88.4 cm³/mol. The maximum absolute atomic E-state index is 12.4. The molecule has 0 unspecified atom stereocenters. The van der Waals surface area contributed by atoms with E-state index in [-0.39, 0.29) is 10.5 Å². The first-order valence-electron chi connectivity index (χ1n) is 6.97. The molecule has 1 aromatic heterocycles. The van der Waals surface area contributed by atoms with Crippen molar-refractivity contribution in [1.82, 2.24) is 14.8 Å². The van der Waals surface area contributed by atoms with Gasteiger partial charge in [0.1, 0.15) is 6.33 Å². The second-order valence-corrected chi connectivity index (χ2v) is 6.77. The highest BCUT2D eigenvalue weighted by Crippen LogP contribution is 2.21. The quantitative estimate of drug-likeness (QED) is 0.785. The highest BCUT2D eigenvalue weighted by atomic mass is 32.2. The summed E-state index contributed by atoms with van der Waals surface area (Å²) in [5, 5.41) is 16.7. The molecule has 2 aromatic carbocycles. The van der Waals surface area contributed by atoms with Crippen LogP contribution in [0.4, 0.5) is 5.69 Å². The molecule has 0 bridgehead atoms. The molecule has 3 rings (SSSR count).